The molecule has 0 spiro atoms. The number of amides is 4. The Kier molecular flexibility index (Phi) is 6.13. The van der Waals surface area contributed by atoms with E-state index in [-0.39, 0.29) is 19.1 Å². The van der Waals surface area contributed by atoms with Crippen molar-refractivity contribution in [1.29, 1.82) is 0 Å². The Balaban J connectivity index is 1.40. The van der Waals surface area contributed by atoms with Crippen LogP contribution in [-0.2, 0) is 16.9 Å². The molecule has 0 radical (unpaired) electrons. The third-order valence-corrected chi connectivity index (χ3v) is 6.32. The van der Waals surface area contributed by atoms with Gasteiger partial charge in [-0.2, -0.15) is 0 Å². The first-order valence-corrected chi connectivity index (χ1v) is 11.7. The van der Waals surface area contributed by atoms with Gasteiger partial charge in [-0.1, -0.05) is 49.2 Å². The topological polar surface area (TPSA) is 101 Å². The molecule has 36 heavy (non-hydrogen) atoms. The lowest BCUT2D eigenvalue weighted by Gasteiger charge is -2.31. The average molecular weight is 481 g/mol. The first-order valence-electron chi connectivity index (χ1n) is 11.7. The highest BCUT2D eigenvalue weighted by molar-refractivity contribution is 6.08. The molecule has 2 aliphatic heterocycles. The molecule has 5 rings (SSSR count). The first-order chi connectivity index (χ1) is 17.5. The second-order valence-electron chi connectivity index (χ2n) is 8.61. The molecule has 0 saturated carbocycles. The molecule has 1 aromatic heterocycles. The normalized spacial score (nSPS) is 18.2. The van der Waals surface area contributed by atoms with Crippen molar-refractivity contribution in [3.8, 4) is 28.7 Å². The van der Waals surface area contributed by atoms with Gasteiger partial charge in [-0.15, -0.1) is 5.92 Å². The summed E-state index contributed by atoms with van der Waals surface area (Å²) < 4.78 is 5.65. The standard InChI is InChI=1S/C28H24N4O4/c1-2-3-4-14-36-23-12-9-21-17-32(25(33)24(21)15-23)18-28(26(34)30-27(35)31-28)22-10-7-19(8-11-22)20-6-5-13-29-16-20/h5-13,15-16H,2,14,17-18H2,1H3,(H2,30,31,34,35)/t28-/m0/s1. The number of benzene rings is 2. The van der Waals surface area contributed by atoms with Gasteiger partial charge in [0.1, 0.15) is 12.4 Å². The highest BCUT2D eigenvalue weighted by atomic mass is 16.5. The van der Waals surface area contributed by atoms with E-state index in [0.717, 1.165) is 23.1 Å². The lowest BCUT2D eigenvalue weighted by molar-refractivity contribution is -0.124. The molecule has 1 fully saturated rings. The maximum Gasteiger partial charge on any atom is 0.322 e. The van der Waals surface area contributed by atoms with E-state index in [1.165, 1.54) is 0 Å². The Morgan fingerprint density at radius 3 is 2.58 bits per heavy atom. The van der Waals surface area contributed by atoms with Crippen LogP contribution >= 0.6 is 0 Å². The van der Waals surface area contributed by atoms with Gasteiger partial charge in [0.15, 0.2) is 5.54 Å². The first kappa shape index (κ1) is 23.1. The van der Waals surface area contributed by atoms with Crippen LogP contribution in [0.1, 0.15) is 34.8 Å². The predicted molar refractivity (Wildman–Crippen MR) is 133 cm³/mol. The fourth-order valence-corrected chi connectivity index (χ4v) is 4.52. The molecule has 0 bridgehead atoms. The van der Waals surface area contributed by atoms with Crippen molar-refractivity contribution in [2.75, 3.05) is 13.2 Å². The number of imide groups is 1. The molecule has 2 N–H and O–H groups in total. The van der Waals surface area contributed by atoms with Gasteiger partial charge >= 0.3 is 6.03 Å². The number of pyridine rings is 1. The number of ether oxygens (including phenoxy) is 1. The maximum atomic E-state index is 13.3. The van der Waals surface area contributed by atoms with Gasteiger partial charge in [-0.3, -0.25) is 19.9 Å². The van der Waals surface area contributed by atoms with Crippen molar-refractivity contribution in [1.82, 2.24) is 20.5 Å². The lowest BCUT2D eigenvalue weighted by atomic mass is 9.88. The van der Waals surface area contributed by atoms with Gasteiger partial charge in [0, 0.05) is 30.9 Å². The Morgan fingerprint density at radius 2 is 1.89 bits per heavy atom. The summed E-state index contributed by atoms with van der Waals surface area (Å²) in [5.74, 6) is 5.69. The zero-order chi connectivity index (χ0) is 25.1. The van der Waals surface area contributed by atoms with Gasteiger partial charge < -0.3 is 15.0 Å². The van der Waals surface area contributed by atoms with Crippen LogP contribution in [0.15, 0.2) is 67.0 Å². The summed E-state index contributed by atoms with van der Waals surface area (Å²) in [4.78, 5) is 44.3. The molecule has 8 nitrogen and oxygen atoms in total. The Morgan fingerprint density at radius 1 is 1.06 bits per heavy atom. The van der Waals surface area contributed by atoms with Crippen LogP contribution < -0.4 is 15.4 Å². The molecule has 3 heterocycles. The zero-order valence-corrected chi connectivity index (χ0v) is 19.7. The van der Waals surface area contributed by atoms with E-state index < -0.39 is 17.5 Å². The van der Waals surface area contributed by atoms with E-state index >= 15 is 0 Å². The second kappa shape index (κ2) is 9.55. The van der Waals surface area contributed by atoms with Crippen LogP contribution in [0.25, 0.3) is 11.1 Å². The Bertz CT molecular complexity index is 1390. The maximum absolute atomic E-state index is 13.3. The van der Waals surface area contributed by atoms with E-state index in [4.69, 9.17) is 4.74 Å². The molecule has 3 aromatic rings. The number of nitrogens with one attached hydrogen (secondary N) is 2. The molecule has 4 amide bonds. The highest BCUT2D eigenvalue weighted by Gasteiger charge is 2.50. The summed E-state index contributed by atoms with van der Waals surface area (Å²) in [7, 11) is 0. The SMILES string of the molecule is CCC#CCOc1ccc2c(c1)C(=O)N(C[C@@]1(c3ccc(-c4cccnc4)cc3)NC(=O)NC1=O)C2. The molecule has 1 atom stereocenters. The second-order valence-corrected chi connectivity index (χ2v) is 8.61. The van der Waals surface area contributed by atoms with Gasteiger partial charge in [-0.25, -0.2) is 4.79 Å². The minimum Gasteiger partial charge on any atom is -0.481 e. The number of hydrogen-bond acceptors (Lipinski definition) is 5. The molecule has 0 unspecified atom stereocenters. The summed E-state index contributed by atoms with van der Waals surface area (Å²) in [5, 5.41) is 5.11. The predicted octanol–water partition coefficient (Wildman–Crippen LogP) is 3.23. The number of urea groups is 1. The van der Waals surface area contributed by atoms with Crippen molar-refractivity contribution >= 4 is 17.8 Å². The van der Waals surface area contributed by atoms with Crippen LogP contribution in [0.2, 0.25) is 0 Å². The van der Waals surface area contributed by atoms with Crippen LogP contribution in [-0.4, -0.2) is 40.9 Å². The fraction of sp³-hybridized carbons (Fsp3) is 0.214. The van der Waals surface area contributed by atoms with Crippen molar-refractivity contribution < 1.29 is 19.1 Å². The molecule has 180 valence electrons. The van der Waals surface area contributed by atoms with Crippen LogP contribution in [0.3, 0.4) is 0 Å². The van der Waals surface area contributed by atoms with Crippen molar-refractivity contribution in [3.63, 3.8) is 0 Å². The quantitative estimate of drug-likeness (QED) is 0.417. The molecular weight excluding hydrogens is 456 g/mol. The lowest BCUT2D eigenvalue weighted by Crippen LogP contribution is -2.52. The molecule has 8 heteroatoms. The van der Waals surface area contributed by atoms with Crippen LogP contribution in [0.5, 0.6) is 5.75 Å². The minimum atomic E-state index is -1.41. The van der Waals surface area contributed by atoms with Gasteiger partial charge in [0.2, 0.25) is 0 Å². The third-order valence-electron chi connectivity index (χ3n) is 6.32. The number of carbonyl (C=O) groups excluding carboxylic acids is 3. The summed E-state index contributed by atoms with van der Waals surface area (Å²) in [6.45, 7) is 2.52. The number of nitrogens with zero attached hydrogens (tertiary/aromatic N) is 2. The van der Waals surface area contributed by atoms with E-state index in [0.29, 0.717) is 23.4 Å². The van der Waals surface area contributed by atoms with E-state index in [1.807, 2.05) is 37.3 Å². The van der Waals surface area contributed by atoms with Gasteiger partial charge in [0.25, 0.3) is 11.8 Å². The molecular formula is C28H24N4O4. The number of aromatic nitrogens is 1. The molecule has 0 aliphatic carbocycles. The third kappa shape index (κ3) is 4.27. The van der Waals surface area contributed by atoms with Gasteiger partial charge in [0.05, 0.1) is 6.54 Å². The van der Waals surface area contributed by atoms with Crippen molar-refractivity contribution in [3.05, 3.63) is 83.7 Å². The van der Waals surface area contributed by atoms with E-state index in [2.05, 4.69) is 27.5 Å². The van der Waals surface area contributed by atoms with E-state index in [1.54, 1.807) is 41.6 Å². The van der Waals surface area contributed by atoms with E-state index in [9.17, 15) is 14.4 Å². The van der Waals surface area contributed by atoms with Crippen molar-refractivity contribution in [2.45, 2.75) is 25.4 Å². The van der Waals surface area contributed by atoms with Crippen LogP contribution in [0, 0.1) is 11.8 Å². The minimum absolute atomic E-state index is 0.0114. The Hall–Kier alpha value is -4.64. The summed E-state index contributed by atoms with van der Waals surface area (Å²) in [5.41, 5.74) is 2.38. The Labute approximate surface area is 208 Å². The largest absolute Gasteiger partial charge is 0.481 e. The summed E-state index contributed by atoms with van der Waals surface area (Å²) in [6.07, 6.45) is 4.20. The monoisotopic (exact) mass is 480 g/mol. The van der Waals surface area contributed by atoms with Crippen molar-refractivity contribution in [2.24, 2.45) is 0 Å². The molecule has 2 aromatic carbocycles. The van der Waals surface area contributed by atoms with Gasteiger partial charge in [-0.05, 0) is 40.5 Å². The summed E-state index contributed by atoms with van der Waals surface area (Å²) in [6, 6.07) is 15.9. The van der Waals surface area contributed by atoms with Crippen LogP contribution in [0.4, 0.5) is 4.79 Å². The average Bonchev–Trinajstić information content (AvgIpc) is 3.37. The fourth-order valence-electron chi connectivity index (χ4n) is 4.52. The highest BCUT2D eigenvalue weighted by Crippen LogP contribution is 2.33. The smallest absolute Gasteiger partial charge is 0.322 e. The molecule has 1 saturated heterocycles. The number of fused-ring (bicyclic) bond motifs is 1. The zero-order valence-electron chi connectivity index (χ0n) is 19.7. The molecule has 2 aliphatic rings. The number of rotatable bonds is 6. The summed E-state index contributed by atoms with van der Waals surface area (Å²) >= 11 is 0. The number of hydrogen-bond donors (Lipinski definition) is 2. The number of carbonyl (C=O) groups is 3.